The maximum Gasteiger partial charge on any atom is 0.0896 e. The topological polar surface area (TPSA) is 59.0 Å². The Morgan fingerprint density at radius 2 is 1.58 bits per heavy atom. The number of anilines is 3. The number of benzene rings is 2. The predicted octanol–water partition coefficient (Wildman–Crippen LogP) is 4.91. The van der Waals surface area contributed by atoms with Crippen LogP contribution in [0.4, 0.5) is 17.1 Å². The van der Waals surface area contributed by atoms with Crippen molar-refractivity contribution >= 4 is 52.0 Å². The van der Waals surface area contributed by atoms with E-state index < -0.39 is 11.0 Å². The van der Waals surface area contributed by atoms with E-state index in [0.29, 0.717) is 17.3 Å². The third-order valence-corrected chi connectivity index (χ3v) is 5.94. The Morgan fingerprint density at radius 3 is 2.21 bits per heavy atom. The van der Waals surface area contributed by atoms with E-state index in [9.17, 15) is 9.11 Å². The molecule has 1 aliphatic heterocycles. The van der Waals surface area contributed by atoms with Gasteiger partial charge >= 0.3 is 0 Å². The van der Waals surface area contributed by atoms with Gasteiger partial charge in [0.25, 0.3) is 0 Å². The summed E-state index contributed by atoms with van der Waals surface area (Å²) in [4.78, 5) is 0. The summed E-state index contributed by atoms with van der Waals surface area (Å²) in [7, 11) is -1.31. The van der Waals surface area contributed by atoms with E-state index in [1.807, 2.05) is 43.4 Å². The van der Waals surface area contributed by atoms with Gasteiger partial charge in [-0.15, -0.1) is 12.4 Å². The van der Waals surface area contributed by atoms with Crippen molar-refractivity contribution in [2.45, 2.75) is 6.42 Å². The lowest BCUT2D eigenvalue weighted by molar-refractivity contribution is 0.483. The molecule has 0 atom stereocenters. The molecule has 24 heavy (non-hydrogen) atoms. The Kier molecular flexibility index (Phi) is 6.25. The van der Waals surface area contributed by atoms with Crippen LogP contribution in [0.25, 0.3) is 0 Å². The minimum Gasteiger partial charge on any atom is -0.320 e. The highest BCUT2D eigenvalue weighted by molar-refractivity contribution is 8.27. The zero-order valence-electron chi connectivity index (χ0n) is 13.2. The predicted molar refractivity (Wildman–Crippen MR) is 106 cm³/mol. The SMILES string of the molecule is CNCCCN1c2ccccc2N(c2ccccc2Cl)S1(O)O.Cl. The first kappa shape index (κ1) is 19.2. The molecule has 0 aromatic heterocycles. The smallest absolute Gasteiger partial charge is 0.0896 e. The van der Waals surface area contributed by atoms with Crippen molar-refractivity contribution in [3.8, 4) is 0 Å². The van der Waals surface area contributed by atoms with Crippen LogP contribution in [0.15, 0.2) is 48.5 Å². The number of hydrogen-bond acceptors (Lipinski definition) is 5. The Hall–Kier alpha value is -1.15. The van der Waals surface area contributed by atoms with Gasteiger partial charge in [0.15, 0.2) is 0 Å². The minimum atomic E-state index is -3.19. The first-order valence-corrected chi connectivity index (χ1v) is 9.25. The van der Waals surface area contributed by atoms with Crippen LogP contribution in [0.2, 0.25) is 5.02 Å². The third-order valence-electron chi connectivity index (χ3n) is 3.77. The largest absolute Gasteiger partial charge is 0.320 e. The summed E-state index contributed by atoms with van der Waals surface area (Å²) in [6, 6.07) is 14.8. The molecular formula is C16H21Cl2N3O2S. The molecule has 2 aromatic carbocycles. The summed E-state index contributed by atoms with van der Waals surface area (Å²) in [5, 5.41) is 3.57. The van der Waals surface area contributed by atoms with Gasteiger partial charge in [-0.2, -0.15) is 0 Å². The van der Waals surface area contributed by atoms with Crippen LogP contribution in [-0.2, 0) is 0 Å². The molecule has 0 spiro atoms. The van der Waals surface area contributed by atoms with E-state index in [1.54, 1.807) is 20.7 Å². The molecule has 0 saturated carbocycles. The molecule has 2 aromatic rings. The maximum atomic E-state index is 10.9. The second kappa shape index (κ2) is 7.82. The summed E-state index contributed by atoms with van der Waals surface area (Å²) < 4.78 is 25.1. The second-order valence-electron chi connectivity index (χ2n) is 5.28. The van der Waals surface area contributed by atoms with Crippen molar-refractivity contribution in [2.75, 3.05) is 28.7 Å². The molecule has 1 heterocycles. The van der Waals surface area contributed by atoms with Crippen LogP contribution in [-0.4, -0.2) is 29.2 Å². The van der Waals surface area contributed by atoms with Crippen molar-refractivity contribution in [1.82, 2.24) is 5.32 Å². The van der Waals surface area contributed by atoms with E-state index in [2.05, 4.69) is 5.32 Å². The van der Waals surface area contributed by atoms with Crippen molar-refractivity contribution < 1.29 is 9.11 Å². The summed E-state index contributed by atoms with van der Waals surface area (Å²) in [5.41, 5.74) is 2.16. The molecule has 0 amide bonds. The highest BCUT2D eigenvalue weighted by atomic mass is 35.5. The Labute approximate surface area is 155 Å². The standard InChI is InChI=1S/C16H20ClN3O2S.ClH/c1-18-11-6-12-19-15-9-4-5-10-16(15)20(23(19,21)22)14-8-3-2-7-13(14)17;/h2-5,7-10,18,21-22H,6,11-12H2,1H3;1H. The first-order valence-electron chi connectivity index (χ1n) is 7.41. The number of para-hydroxylation sites is 3. The number of hydrogen-bond donors (Lipinski definition) is 3. The van der Waals surface area contributed by atoms with E-state index in [-0.39, 0.29) is 12.4 Å². The first-order chi connectivity index (χ1) is 11.1. The van der Waals surface area contributed by atoms with Crippen molar-refractivity contribution in [1.29, 1.82) is 0 Å². The quantitative estimate of drug-likeness (QED) is 0.634. The highest BCUT2D eigenvalue weighted by Crippen LogP contribution is 2.64. The molecule has 0 aliphatic carbocycles. The van der Waals surface area contributed by atoms with E-state index >= 15 is 0 Å². The van der Waals surface area contributed by atoms with Crippen LogP contribution in [0, 0.1) is 0 Å². The molecular weight excluding hydrogens is 369 g/mol. The number of rotatable bonds is 5. The Bertz CT molecular complexity index is 703. The van der Waals surface area contributed by atoms with Gasteiger partial charge in [-0.3, -0.25) is 13.4 Å². The number of fused-ring (bicyclic) bond motifs is 1. The summed E-state index contributed by atoms with van der Waals surface area (Å²) >= 11 is 6.29. The fourth-order valence-corrected chi connectivity index (χ4v) is 4.83. The third kappa shape index (κ3) is 3.31. The molecule has 3 N–H and O–H groups in total. The summed E-state index contributed by atoms with van der Waals surface area (Å²) in [6.07, 6.45) is 0.803. The molecule has 1 aliphatic rings. The van der Waals surface area contributed by atoms with Crippen LogP contribution < -0.4 is 13.9 Å². The number of nitrogens with one attached hydrogen (secondary N) is 1. The van der Waals surface area contributed by atoms with E-state index in [4.69, 9.17) is 11.6 Å². The van der Waals surface area contributed by atoms with Crippen LogP contribution in [0.1, 0.15) is 6.42 Å². The normalized spacial score (nSPS) is 16.5. The Morgan fingerprint density at radius 1 is 1.00 bits per heavy atom. The lowest BCUT2D eigenvalue weighted by Gasteiger charge is -2.44. The zero-order valence-corrected chi connectivity index (χ0v) is 15.6. The molecule has 5 nitrogen and oxygen atoms in total. The lowest BCUT2D eigenvalue weighted by atomic mass is 10.2. The molecule has 0 unspecified atom stereocenters. The van der Waals surface area contributed by atoms with E-state index in [0.717, 1.165) is 24.3 Å². The Balaban J connectivity index is 0.00000208. The average Bonchev–Trinajstić information content (AvgIpc) is 2.76. The van der Waals surface area contributed by atoms with Gasteiger partial charge in [-0.1, -0.05) is 35.9 Å². The number of halogens is 2. The van der Waals surface area contributed by atoms with Gasteiger partial charge in [0, 0.05) is 6.54 Å². The number of nitrogens with zero attached hydrogens (tertiary/aromatic N) is 2. The molecule has 0 radical (unpaired) electrons. The van der Waals surface area contributed by atoms with Crippen LogP contribution in [0.5, 0.6) is 0 Å². The molecule has 132 valence electrons. The van der Waals surface area contributed by atoms with Gasteiger partial charge in [-0.05, 0) is 55.2 Å². The maximum absolute atomic E-state index is 10.9. The summed E-state index contributed by atoms with van der Waals surface area (Å²) in [6.45, 7) is 1.35. The molecule has 0 bridgehead atoms. The molecule has 0 fully saturated rings. The van der Waals surface area contributed by atoms with Crippen molar-refractivity contribution in [2.24, 2.45) is 0 Å². The molecule has 8 heteroatoms. The van der Waals surface area contributed by atoms with Gasteiger partial charge in [0.1, 0.15) is 0 Å². The van der Waals surface area contributed by atoms with Crippen molar-refractivity contribution in [3.63, 3.8) is 0 Å². The second-order valence-corrected chi connectivity index (χ2v) is 7.48. The average molecular weight is 390 g/mol. The minimum absolute atomic E-state index is 0. The van der Waals surface area contributed by atoms with Crippen LogP contribution in [0.3, 0.4) is 0 Å². The fraction of sp³-hybridized carbons (Fsp3) is 0.250. The summed E-state index contributed by atoms with van der Waals surface area (Å²) in [5.74, 6) is 0. The highest BCUT2D eigenvalue weighted by Gasteiger charge is 2.41. The van der Waals surface area contributed by atoms with Gasteiger partial charge in [-0.25, -0.2) is 4.31 Å². The molecule has 0 saturated heterocycles. The fourth-order valence-electron chi connectivity index (χ4n) is 2.73. The van der Waals surface area contributed by atoms with Gasteiger partial charge in [0.2, 0.25) is 0 Å². The zero-order chi connectivity index (χ0) is 16.4. The van der Waals surface area contributed by atoms with E-state index in [1.165, 1.54) is 0 Å². The van der Waals surface area contributed by atoms with Crippen LogP contribution >= 0.6 is 35.0 Å². The van der Waals surface area contributed by atoms with Gasteiger partial charge < -0.3 is 5.32 Å². The lowest BCUT2D eigenvalue weighted by Crippen LogP contribution is -2.33. The van der Waals surface area contributed by atoms with Crippen molar-refractivity contribution in [3.05, 3.63) is 53.6 Å². The molecule has 3 rings (SSSR count). The van der Waals surface area contributed by atoms with Gasteiger partial charge in [0.05, 0.1) is 22.1 Å². The monoisotopic (exact) mass is 389 g/mol.